The fourth-order valence-electron chi connectivity index (χ4n) is 1.45. The van der Waals surface area contributed by atoms with Crippen LogP contribution in [0.25, 0.3) is 0 Å². The highest BCUT2D eigenvalue weighted by Crippen LogP contribution is 2.10. The number of nitrogens with zero attached hydrogens (tertiary/aromatic N) is 2. The molecule has 0 aliphatic carbocycles. The number of hydrogen-bond donors (Lipinski definition) is 0. The molecule has 1 aliphatic rings. The number of carbonyl (C=O) groups is 1. The Labute approximate surface area is 98.7 Å². The highest BCUT2D eigenvalue weighted by atomic mass is 19.1. The van der Waals surface area contributed by atoms with Crippen molar-refractivity contribution in [2.45, 2.75) is 12.8 Å². The molecule has 0 unspecified atom stereocenters. The standard InChI is InChI=1S/C12H13FN2O2/c13-11-7-15(8-11)12(16)6-14-17-9-10-4-2-1-3-5-10/h1-6,11H,7-9H2/b14-6+. The fraction of sp³-hybridized carbons (Fsp3) is 0.333. The lowest BCUT2D eigenvalue weighted by Crippen LogP contribution is -2.51. The molecule has 0 atom stereocenters. The zero-order valence-corrected chi connectivity index (χ0v) is 9.25. The number of amides is 1. The van der Waals surface area contributed by atoms with E-state index >= 15 is 0 Å². The van der Waals surface area contributed by atoms with Crippen LogP contribution >= 0.6 is 0 Å². The molecule has 4 nitrogen and oxygen atoms in total. The Kier molecular flexibility index (Phi) is 3.69. The molecule has 1 heterocycles. The van der Waals surface area contributed by atoms with E-state index in [1.807, 2.05) is 30.3 Å². The van der Waals surface area contributed by atoms with Crippen molar-refractivity contribution >= 4 is 12.1 Å². The van der Waals surface area contributed by atoms with Crippen LogP contribution in [0, 0.1) is 0 Å². The van der Waals surface area contributed by atoms with Gasteiger partial charge in [0.1, 0.15) is 19.0 Å². The van der Waals surface area contributed by atoms with Gasteiger partial charge in [-0.15, -0.1) is 0 Å². The summed E-state index contributed by atoms with van der Waals surface area (Å²) in [4.78, 5) is 17.7. The highest BCUT2D eigenvalue weighted by Gasteiger charge is 2.29. The minimum absolute atomic E-state index is 0.156. The summed E-state index contributed by atoms with van der Waals surface area (Å²) in [5, 5.41) is 3.56. The van der Waals surface area contributed by atoms with Crippen molar-refractivity contribution in [1.29, 1.82) is 0 Å². The van der Waals surface area contributed by atoms with Gasteiger partial charge in [0, 0.05) is 0 Å². The van der Waals surface area contributed by atoms with Gasteiger partial charge < -0.3 is 9.74 Å². The zero-order valence-electron chi connectivity index (χ0n) is 9.25. The predicted octanol–water partition coefficient (Wildman–Crippen LogP) is 1.37. The maximum absolute atomic E-state index is 12.5. The zero-order chi connectivity index (χ0) is 12.1. The van der Waals surface area contributed by atoms with Crippen LogP contribution in [0.4, 0.5) is 4.39 Å². The van der Waals surface area contributed by atoms with E-state index < -0.39 is 6.17 Å². The summed E-state index contributed by atoms with van der Waals surface area (Å²) in [6.07, 6.45) is 0.187. The molecule has 0 radical (unpaired) electrons. The third-order valence-corrected chi connectivity index (χ3v) is 2.46. The lowest BCUT2D eigenvalue weighted by molar-refractivity contribution is -0.130. The molecule has 1 amide bonds. The van der Waals surface area contributed by atoms with Gasteiger partial charge in [-0.25, -0.2) is 4.39 Å². The summed E-state index contributed by atoms with van der Waals surface area (Å²) < 4.78 is 12.5. The van der Waals surface area contributed by atoms with Gasteiger partial charge in [-0.1, -0.05) is 35.5 Å². The van der Waals surface area contributed by atoms with Crippen LogP contribution < -0.4 is 0 Å². The van der Waals surface area contributed by atoms with Crippen LogP contribution in [0.5, 0.6) is 0 Å². The smallest absolute Gasteiger partial charge is 0.268 e. The number of likely N-dealkylation sites (tertiary alicyclic amines) is 1. The second kappa shape index (κ2) is 5.43. The Balaban J connectivity index is 1.70. The van der Waals surface area contributed by atoms with E-state index in [-0.39, 0.29) is 19.0 Å². The minimum Gasteiger partial charge on any atom is -0.391 e. The quantitative estimate of drug-likeness (QED) is 0.585. The lowest BCUT2D eigenvalue weighted by atomic mass is 10.2. The van der Waals surface area contributed by atoms with Crippen LogP contribution in [0.15, 0.2) is 35.5 Å². The average Bonchev–Trinajstić information content (AvgIpc) is 2.32. The summed E-state index contributed by atoms with van der Waals surface area (Å²) in [5.41, 5.74) is 0.977. The summed E-state index contributed by atoms with van der Waals surface area (Å²) in [6, 6.07) is 9.51. The lowest BCUT2D eigenvalue weighted by Gasteiger charge is -2.32. The third kappa shape index (κ3) is 3.27. The van der Waals surface area contributed by atoms with Gasteiger partial charge in [-0.2, -0.15) is 0 Å². The minimum atomic E-state index is -0.891. The molecule has 5 heteroatoms. The summed E-state index contributed by atoms with van der Waals surface area (Å²) >= 11 is 0. The molecule has 90 valence electrons. The Morgan fingerprint density at radius 1 is 1.47 bits per heavy atom. The molecule has 1 aromatic rings. The summed E-state index contributed by atoms with van der Waals surface area (Å²) in [7, 11) is 0. The van der Waals surface area contributed by atoms with Gasteiger partial charge in [0.05, 0.1) is 13.1 Å². The molecule has 1 saturated heterocycles. The SMILES string of the molecule is O=C(/C=N/OCc1ccccc1)N1CC(F)C1. The number of halogens is 1. The molecule has 1 fully saturated rings. The topological polar surface area (TPSA) is 41.9 Å². The monoisotopic (exact) mass is 236 g/mol. The van der Waals surface area contributed by atoms with Gasteiger partial charge in [0.25, 0.3) is 5.91 Å². The number of hydrogen-bond acceptors (Lipinski definition) is 3. The Bertz CT molecular complexity index is 402. The molecule has 0 N–H and O–H groups in total. The molecule has 17 heavy (non-hydrogen) atoms. The van der Waals surface area contributed by atoms with Crippen molar-refractivity contribution in [2.24, 2.45) is 5.16 Å². The second-order valence-electron chi connectivity index (χ2n) is 3.83. The van der Waals surface area contributed by atoms with Crippen LogP contribution in [0.2, 0.25) is 0 Å². The van der Waals surface area contributed by atoms with E-state index in [4.69, 9.17) is 4.84 Å². The maximum atomic E-state index is 12.5. The summed E-state index contributed by atoms with van der Waals surface area (Å²) in [6.45, 7) is 0.628. The Morgan fingerprint density at radius 2 is 2.18 bits per heavy atom. The van der Waals surface area contributed by atoms with Crippen molar-refractivity contribution in [2.75, 3.05) is 13.1 Å². The molecule has 0 saturated carbocycles. The number of alkyl halides is 1. The molecular formula is C12H13FN2O2. The maximum Gasteiger partial charge on any atom is 0.268 e. The number of benzene rings is 1. The second-order valence-corrected chi connectivity index (χ2v) is 3.83. The molecular weight excluding hydrogens is 223 g/mol. The van der Waals surface area contributed by atoms with Crippen LogP contribution in [0.1, 0.15) is 5.56 Å². The first-order valence-corrected chi connectivity index (χ1v) is 5.38. The number of rotatable bonds is 4. The first-order valence-electron chi connectivity index (χ1n) is 5.38. The predicted molar refractivity (Wildman–Crippen MR) is 61.2 cm³/mol. The van der Waals surface area contributed by atoms with Crippen molar-refractivity contribution < 1.29 is 14.0 Å². The normalized spacial score (nSPS) is 15.9. The van der Waals surface area contributed by atoms with Crippen molar-refractivity contribution in [3.05, 3.63) is 35.9 Å². The molecule has 1 aromatic carbocycles. The third-order valence-electron chi connectivity index (χ3n) is 2.46. The fourth-order valence-corrected chi connectivity index (χ4v) is 1.45. The van der Waals surface area contributed by atoms with Gasteiger partial charge in [0.2, 0.25) is 0 Å². The van der Waals surface area contributed by atoms with E-state index in [0.717, 1.165) is 11.8 Å². The van der Waals surface area contributed by atoms with Crippen molar-refractivity contribution in [1.82, 2.24) is 4.90 Å². The van der Waals surface area contributed by atoms with Crippen molar-refractivity contribution in [3.63, 3.8) is 0 Å². The molecule has 0 spiro atoms. The largest absolute Gasteiger partial charge is 0.391 e. The summed E-state index contributed by atoms with van der Waals surface area (Å²) in [5.74, 6) is -0.313. The Hall–Kier alpha value is -1.91. The molecule has 0 bridgehead atoms. The van der Waals surface area contributed by atoms with E-state index in [2.05, 4.69) is 5.16 Å². The molecule has 0 aromatic heterocycles. The number of oxime groups is 1. The van der Waals surface area contributed by atoms with Crippen molar-refractivity contribution in [3.8, 4) is 0 Å². The van der Waals surface area contributed by atoms with Crippen LogP contribution in [-0.4, -0.2) is 36.3 Å². The van der Waals surface area contributed by atoms with E-state index in [1.54, 1.807) is 0 Å². The average molecular weight is 236 g/mol. The molecule has 2 rings (SSSR count). The Morgan fingerprint density at radius 3 is 2.82 bits per heavy atom. The highest BCUT2D eigenvalue weighted by molar-refractivity contribution is 6.26. The van der Waals surface area contributed by atoms with E-state index in [1.165, 1.54) is 4.90 Å². The molecule has 1 aliphatic heterocycles. The van der Waals surface area contributed by atoms with Crippen LogP contribution in [-0.2, 0) is 16.2 Å². The van der Waals surface area contributed by atoms with Gasteiger partial charge >= 0.3 is 0 Å². The van der Waals surface area contributed by atoms with Gasteiger partial charge in [-0.05, 0) is 5.56 Å². The van der Waals surface area contributed by atoms with E-state index in [0.29, 0.717) is 6.61 Å². The number of carbonyl (C=O) groups excluding carboxylic acids is 1. The first kappa shape index (κ1) is 11.6. The first-order chi connectivity index (χ1) is 8.25. The van der Waals surface area contributed by atoms with Gasteiger partial charge in [-0.3, -0.25) is 4.79 Å². The van der Waals surface area contributed by atoms with Gasteiger partial charge in [0.15, 0.2) is 0 Å². The van der Waals surface area contributed by atoms with Crippen LogP contribution in [0.3, 0.4) is 0 Å². The van der Waals surface area contributed by atoms with E-state index in [9.17, 15) is 9.18 Å².